The van der Waals surface area contributed by atoms with Gasteiger partial charge in [0, 0.05) is 12.6 Å². The van der Waals surface area contributed by atoms with E-state index in [9.17, 15) is 0 Å². The van der Waals surface area contributed by atoms with E-state index in [1.54, 1.807) is 0 Å². The fourth-order valence-electron chi connectivity index (χ4n) is 4.07. The fraction of sp³-hybridized carbons (Fsp3) is 0.700. The molecule has 0 bridgehead atoms. The second kappa shape index (κ2) is 6.33. The largest absolute Gasteiger partial charge is 0.375 e. The third kappa shape index (κ3) is 3.72. The summed E-state index contributed by atoms with van der Waals surface area (Å²) < 4.78 is 5.82. The van der Waals surface area contributed by atoms with Gasteiger partial charge in [0.25, 0.3) is 0 Å². The van der Waals surface area contributed by atoms with Crippen LogP contribution in [0.2, 0.25) is 0 Å². The Morgan fingerprint density at radius 3 is 2.55 bits per heavy atom. The zero-order valence-corrected chi connectivity index (χ0v) is 14.4. The summed E-state index contributed by atoms with van der Waals surface area (Å²) >= 11 is 0. The number of ether oxygens (including phenoxy) is 1. The third-order valence-corrected chi connectivity index (χ3v) is 5.69. The molecule has 2 heteroatoms. The molecule has 0 aromatic heterocycles. The Bertz CT molecular complexity index is 480. The maximum Gasteiger partial charge on any atom is 0.0641 e. The van der Waals surface area contributed by atoms with Crippen molar-refractivity contribution in [3.05, 3.63) is 35.9 Å². The van der Waals surface area contributed by atoms with Crippen LogP contribution in [0.3, 0.4) is 0 Å². The summed E-state index contributed by atoms with van der Waals surface area (Å²) in [5.74, 6) is 0.878. The van der Waals surface area contributed by atoms with Crippen LogP contribution in [0.1, 0.15) is 58.4 Å². The third-order valence-electron chi connectivity index (χ3n) is 5.69. The normalized spacial score (nSPS) is 27.3. The molecular formula is C20H31NO. The van der Waals surface area contributed by atoms with Gasteiger partial charge in [-0.3, -0.25) is 0 Å². The molecule has 3 rings (SSSR count). The molecule has 1 aromatic rings. The summed E-state index contributed by atoms with van der Waals surface area (Å²) in [6.45, 7) is 8.89. The van der Waals surface area contributed by atoms with E-state index in [0.717, 1.165) is 31.9 Å². The van der Waals surface area contributed by atoms with Gasteiger partial charge in [-0.05, 0) is 69.4 Å². The molecule has 1 saturated heterocycles. The average molecular weight is 301 g/mol. The Kier molecular flexibility index (Phi) is 4.61. The number of hydrogen-bond donors (Lipinski definition) is 1. The van der Waals surface area contributed by atoms with Crippen LogP contribution in [0.25, 0.3) is 0 Å². The van der Waals surface area contributed by atoms with Gasteiger partial charge in [-0.15, -0.1) is 0 Å². The lowest BCUT2D eigenvalue weighted by atomic mass is 9.75. The van der Waals surface area contributed by atoms with Gasteiger partial charge in [0.1, 0.15) is 0 Å². The SMILES string of the molecule is CC1(C)CC(NCCC(C)(c2ccccc2)C2CC2)CCO1. The van der Waals surface area contributed by atoms with Crippen LogP contribution in [0.15, 0.2) is 30.3 Å². The number of hydrogen-bond acceptors (Lipinski definition) is 2. The summed E-state index contributed by atoms with van der Waals surface area (Å²) in [5.41, 5.74) is 1.90. The van der Waals surface area contributed by atoms with E-state index >= 15 is 0 Å². The van der Waals surface area contributed by atoms with Gasteiger partial charge >= 0.3 is 0 Å². The highest BCUT2D eigenvalue weighted by Crippen LogP contribution is 2.49. The topological polar surface area (TPSA) is 21.3 Å². The first-order chi connectivity index (χ1) is 10.5. The zero-order valence-electron chi connectivity index (χ0n) is 14.4. The average Bonchev–Trinajstić information content (AvgIpc) is 3.32. The summed E-state index contributed by atoms with van der Waals surface area (Å²) in [6.07, 6.45) is 6.30. The molecule has 2 fully saturated rings. The Hall–Kier alpha value is -0.860. The number of benzene rings is 1. The Morgan fingerprint density at radius 1 is 1.18 bits per heavy atom. The lowest BCUT2D eigenvalue weighted by Crippen LogP contribution is -2.45. The fourth-order valence-corrected chi connectivity index (χ4v) is 4.07. The predicted octanol–water partition coefficient (Wildman–Crippen LogP) is 4.29. The van der Waals surface area contributed by atoms with Crippen molar-refractivity contribution in [1.82, 2.24) is 5.32 Å². The zero-order chi connectivity index (χ0) is 15.6. The monoisotopic (exact) mass is 301 g/mol. The molecule has 2 unspecified atom stereocenters. The Morgan fingerprint density at radius 2 is 1.91 bits per heavy atom. The van der Waals surface area contributed by atoms with Crippen molar-refractivity contribution >= 4 is 0 Å². The van der Waals surface area contributed by atoms with Crippen molar-refractivity contribution in [3.8, 4) is 0 Å². The molecule has 0 amide bonds. The van der Waals surface area contributed by atoms with Gasteiger partial charge < -0.3 is 10.1 Å². The number of nitrogens with one attached hydrogen (secondary N) is 1. The quantitative estimate of drug-likeness (QED) is 0.846. The number of rotatable bonds is 6. The van der Waals surface area contributed by atoms with Crippen molar-refractivity contribution in [2.75, 3.05) is 13.2 Å². The first kappa shape index (κ1) is 16.0. The Labute approximate surface area is 135 Å². The van der Waals surface area contributed by atoms with E-state index in [1.807, 2.05) is 0 Å². The Balaban J connectivity index is 1.57. The molecule has 1 aliphatic heterocycles. The van der Waals surface area contributed by atoms with Crippen LogP contribution < -0.4 is 5.32 Å². The van der Waals surface area contributed by atoms with Crippen LogP contribution in [0.5, 0.6) is 0 Å². The van der Waals surface area contributed by atoms with Crippen LogP contribution >= 0.6 is 0 Å². The molecule has 0 radical (unpaired) electrons. The molecule has 1 heterocycles. The van der Waals surface area contributed by atoms with Crippen LogP contribution in [0.4, 0.5) is 0 Å². The highest BCUT2D eigenvalue weighted by atomic mass is 16.5. The van der Waals surface area contributed by atoms with Crippen LogP contribution in [-0.2, 0) is 10.2 Å². The van der Waals surface area contributed by atoms with E-state index in [4.69, 9.17) is 4.74 Å². The maximum absolute atomic E-state index is 5.82. The molecule has 1 aromatic carbocycles. The molecule has 1 N–H and O–H groups in total. The van der Waals surface area contributed by atoms with Crippen LogP contribution in [0, 0.1) is 5.92 Å². The van der Waals surface area contributed by atoms with Crippen LogP contribution in [-0.4, -0.2) is 24.8 Å². The second-order valence-corrected chi connectivity index (χ2v) is 8.06. The molecule has 1 saturated carbocycles. The lowest BCUT2D eigenvalue weighted by molar-refractivity contribution is -0.0629. The van der Waals surface area contributed by atoms with Crippen molar-refractivity contribution in [2.45, 2.75) is 69.9 Å². The van der Waals surface area contributed by atoms with Crippen molar-refractivity contribution < 1.29 is 4.74 Å². The molecule has 1 aliphatic carbocycles. The van der Waals surface area contributed by atoms with E-state index in [2.05, 4.69) is 56.4 Å². The van der Waals surface area contributed by atoms with Gasteiger partial charge in [-0.25, -0.2) is 0 Å². The summed E-state index contributed by atoms with van der Waals surface area (Å²) in [5, 5.41) is 3.81. The first-order valence-electron chi connectivity index (χ1n) is 8.92. The van der Waals surface area contributed by atoms with Crippen molar-refractivity contribution in [3.63, 3.8) is 0 Å². The molecule has 0 spiro atoms. The molecule has 22 heavy (non-hydrogen) atoms. The molecule has 2 atom stereocenters. The molecule has 122 valence electrons. The lowest BCUT2D eigenvalue weighted by Gasteiger charge is -2.37. The summed E-state index contributed by atoms with van der Waals surface area (Å²) in [6, 6.07) is 11.7. The minimum atomic E-state index is 0.0368. The summed E-state index contributed by atoms with van der Waals surface area (Å²) in [7, 11) is 0. The maximum atomic E-state index is 5.82. The minimum Gasteiger partial charge on any atom is -0.375 e. The van der Waals surface area contributed by atoms with Gasteiger partial charge in [-0.1, -0.05) is 37.3 Å². The first-order valence-corrected chi connectivity index (χ1v) is 8.92. The molecule has 2 aliphatic rings. The highest BCUT2D eigenvalue weighted by molar-refractivity contribution is 5.27. The van der Waals surface area contributed by atoms with Crippen molar-refractivity contribution in [2.24, 2.45) is 5.92 Å². The molecular weight excluding hydrogens is 270 g/mol. The van der Waals surface area contributed by atoms with Gasteiger partial charge in [-0.2, -0.15) is 0 Å². The smallest absolute Gasteiger partial charge is 0.0641 e. The van der Waals surface area contributed by atoms with E-state index in [-0.39, 0.29) is 5.60 Å². The van der Waals surface area contributed by atoms with E-state index < -0.39 is 0 Å². The van der Waals surface area contributed by atoms with Gasteiger partial charge in [0.15, 0.2) is 0 Å². The minimum absolute atomic E-state index is 0.0368. The van der Waals surface area contributed by atoms with Gasteiger partial charge in [0.05, 0.1) is 5.60 Å². The van der Waals surface area contributed by atoms with E-state index in [0.29, 0.717) is 11.5 Å². The summed E-state index contributed by atoms with van der Waals surface area (Å²) in [4.78, 5) is 0. The van der Waals surface area contributed by atoms with Crippen molar-refractivity contribution in [1.29, 1.82) is 0 Å². The van der Waals surface area contributed by atoms with Gasteiger partial charge in [0.2, 0.25) is 0 Å². The highest BCUT2D eigenvalue weighted by Gasteiger charge is 2.42. The second-order valence-electron chi connectivity index (χ2n) is 8.06. The predicted molar refractivity (Wildman–Crippen MR) is 92.2 cm³/mol. The standard InChI is InChI=1S/C20H31NO/c1-19(2)15-18(11-14-22-19)21-13-12-20(3,17-9-10-17)16-7-5-4-6-8-16/h4-8,17-18,21H,9-15H2,1-3H3. The molecule has 2 nitrogen and oxygen atoms in total. The van der Waals surface area contributed by atoms with E-state index in [1.165, 1.54) is 24.8 Å².